The van der Waals surface area contributed by atoms with Gasteiger partial charge in [-0.05, 0) is 55.3 Å². The van der Waals surface area contributed by atoms with E-state index < -0.39 is 35.1 Å². The molecule has 1 saturated heterocycles. The van der Waals surface area contributed by atoms with Crippen molar-refractivity contribution in [2.45, 2.75) is 19.9 Å². The fraction of sp³-hybridized carbons (Fsp3) is 0.120. The van der Waals surface area contributed by atoms with Crippen molar-refractivity contribution >= 4 is 23.1 Å². The second-order valence-corrected chi connectivity index (χ2v) is 7.44. The predicted molar refractivity (Wildman–Crippen MR) is 113 cm³/mol. The number of amides is 1. The van der Waals surface area contributed by atoms with Crippen molar-refractivity contribution in [3.8, 4) is 0 Å². The van der Waals surface area contributed by atoms with Crippen molar-refractivity contribution in [3.05, 3.63) is 106 Å². The van der Waals surface area contributed by atoms with Crippen molar-refractivity contribution in [3.63, 3.8) is 0 Å². The lowest BCUT2D eigenvalue weighted by molar-refractivity contribution is -0.132. The molecule has 0 radical (unpaired) electrons. The maximum atomic E-state index is 14.8. The van der Waals surface area contributed by atoms with Crippen LogP contribution in [0.1, 0.15) is 28.3 Å². The molecule has 156 valence electrons. The molecule has 3 aromatic rings. The fourth-order valence-electron chi connectivity index (χ4n) is 3.85. The third kappa shape index (κ3) is 3.40. The second kappa shape index (κ2) is 7.80. The molecular weight excluding hydrogens is 400 g/mol. The smallest absolute Gasteiger partial charge is 0.300 e. The molecule has 6 heteroatoms. The van der Waals surface area contributed by atoms with Gasteiger partial charge in [-0.1, -0.05) is 36.4 Å². The molecule has 1 N–H and O–H groups in total. The zero-order chi connectivity index (χ0) is 22.3. The van der Waals surface area contributed by atoms with Crippen molar-refractivity contribution in [1.29, 1.82) is 0 Å². The maximum Gasteiger partial charge on any atom is 0.300 e. The van der Waals surface area contributed by atoms with Crippen LogP contribution >= 0.6 is 0 Å². The molecule has 0 aliphatic carbocycles. The Hall–Kier alpha value is -3.80. The molecule has 1 aliphatic heterocycles. The summed E-state index contributed by atoms with van der Waals surface area (Å²) in [6, 6.07) is 15.4. The molecule has 1 unspecified atom stereocenters. The lowest BCUT2D eigenvalue weighted by Crippen LogP contribution is -2.30. The molecule has 0 aromatic heterocycles. The van der Waals surface area contributed by atoms with Crippen LogP contribution in [-0.4, -0.2) is 16.8 Å². The number of ketones is 1. The molecule has 0 bridgehead atoms. The van der Waals surface area contributed by atoms with Crippen LogP contribution in [0.4, 0.5) is 14.5 Å². The minimum Gasteiger partial charge on any atom is -0.507 e. The fourth-order valence-corrected chi connectivity index (χ4v) is 3.85. The number of halogens is 2. The molecule has 4 nitrogen and oxygen atoms in total. The van der Waals surface area contributed by atoms with Gasteiger partial charge in [0, 0.05) is 16.8 Å². The topological polar surface area (TPSA) is 57.6 Å². The van der Waals surface area contributed by atoms with Gasteiger partial charge in [-0.15, -0.1) is 0 Å². The van der Waals surface area contributed by atoms with Crippen LogP contribution in [0.15, 0.2) is 72.3 Å². The number of hydrogen-bond acceptors (Lipinski definition) is 3. The average molecular weight is 419 g/mol. The normalized spacial score (nSPS) is 17.9. The van der Waals surface area contributed by atoms with E-state index in [2.05, 4.69) is 0 Å². The van der Waals surface area contributed by atoms with E-state index in [9.17, 15) is 23.5 Å². The maximum absolute atomic E-state index is 14.8. The summed E-state index contributed by atoms with van der Waals surface area (Å²) in [6.07, 6.45) is 0. The average Bonchev–Trinajstić information content (AvgIpc) is 3.01. The molecule has 3 aromatic carbocycles. The van der Waals surface area contributed by atoms with E-state index in [0.717, 1.165) is 0 Å². The molecule has 1 atom stereocenters. The summed E-state index contributed by atoms with van der Waals surface area (Å²) < 4.78 is 28.6. The van der Waals surface area contributed by atoms with Gasteiger partial charge < -0.3 is 5.11 Å². The number of rotatable bonds is 3. The molecule has 4 rings (SSSR count). The van der Waals surface area contributed by atoms with Gasteiger partial charge in [-0.3, -0.25) is 14.5 Å². The number of nitrogens with zero attached hydrogens (tertiary/aromatic N) is 1. The lowest BCUT2D eigenvalue weighted by atomic mass is 9.94. The predicted octanol–water partition coefficient (Wildman–Crippen LogP) is 5.21. The molecule has 1 aliphatic rings. The quantitative estimate of drug-likeness (QED) is 0.360. The molecule has 1 amide bonds. The number of Topliss-reactive ketones (excluding diaryl/α,β-unsaturated/α-hetero) is 1. The highest BCUT2D eigenvalue weighted by molar-refractivity contribution is 6.51. The molecule has 31 heavy (non-hydrogen) atoms. The summed E-state index contributed by atoms with van der Waals surface area (Å²) in [5.41, 5.74) is 1.41. The first-order valence-corrected chi connectivity index (χ1v) is 9.69. The molecule has 0 spiro atoms. The zero-order valence-corrected chi connectivity index (χ0v) is 16.9. The largest absolute Gasteiger partial charge is 0.507 e. The summed E-state index contributed by atoms with van der Waals surface area (Å²) in [6.45, 7) is 3.29. The number of para-hydroxylation sites is 1. The van der Waals surface area contributed by atoms with Crippen LogP contribution in [0.3, 0.4) is 0 Å². The van der Waals surface area contributed by atoms with E-state index >= 15 is 0 Å². The Morgan fingerprint density at radius 1 is 0.871 bits per heavy atom. The van der Waals surface area contributed by atoms with E-state index in [1.165, 1.54) is 48.2 Å². The first-order valence-electron chi connectivity index (χ1n) is 9.69. The van der Waals surface area contributed by atoms with Crippen LogP contribution in [-0.2, 0) is 9.59 Å². The highest BCUT2D eigenvalue weighted by atomic mass is 19.1. The third-order valence-electron chi connectivity index (χ3n) is 5.45. The van der Waals surface area contributed by atoms with Crippen molar-refractivity contribution in [1.82, 2.24) is 0 Å². The van der Waals surface area contributed by atoms with Gasteiger partial charge in [0.25, 0.3) is 11.7 Å². The molecule has 1 fully saturated rings. The Bertz CT molecular complexity index is 1250. The minimum absolute atomic E-state index is 0.0744. The molecule has 1 heterocycles. The summed E-state index contributed by atoms with van der Waals surface area (Å²) in [7, 11) is 0. The van der Waals surface area contributed by atoms with Gasteiger partial charge in [0.15, 0.2) is 0 Å². The lowest BCUT2D eigenvalue weighted by Gasteiger charge is -2.27. The van der Waals surface area contributed by atoms with Gasteiger partial charge in [0.1, 0.15) is 17.4 Å². The Morgan fingerprint density at radius 2 is 1.55 bits per heavy atom. The van der Waals surface area contributed by atoms with Crippen LogP contribution < -0.4 is 4.90 Å². The van der Waals surface area contributed by atoms with Crippen LogP contribution in [0.25, 0.3) is 5.76 Å². The first kappa shape index (κ1) is 20.5. The number of hydrogen-bond donors (Lipinski definition) is 1. The van der Waals surface area contributed by atoms with E-state index in [0.29, 0.717) is 11.3 Å². The summed E-state index contributed by atoms with van der Waals surface area (Å²) in [4.78, 5) is 27.3. The Kier molecular flexibility index (Phi) is 5.15. The van der Waals surface area contributed by atoms with Gasteiger partial charge in [-0.2, -0.15) is 0 Å². The number of aliphatic hydroxyl groups excluding tert-OH is 1. The monoisotopic (exact) mass is 419 g/mol. The minimum atomic E-state index is -1.17. The van der Waals surface area contributed by atoms with Crippen LogP contribution in [0, 0.1) is 25.5 Å². The number of benzene rings is 3. The Labute approximate surface area is 178 Å². The number of aliphatic hydroxyl groups is 1. The van der Waals surface area contributed by atoms with E-state index in [1.807, 2.05) is 0 Å². The zero-order valence-electron chi connectivity index (χ0n) is 16.9. The number of aryl methyl sites for hydroxylation is 2. The summed E-state index contributed by atoms with van der Waals surface area (Å²) in [5.74, 6) is -3.37. The van der Waals surface area contributed by atoms with Crippen LogP contribution in [0.2, 0.25) is 0 Å². The SMILES string of the molecule is Cc1cc(/C(O)=C2\C(=O)C(=O)N(c3ccccc3C)C2c2ccccc2F)ccc1F. The highest BCUT2D eigenvalue weighted by Crippen LogP contribution is 2.43. The van der Waals surface area contributed by atoms with Crippen molar-refractivity contribution in [2.24, 2.45) is 0 Å². The van der Waals surface area contributed by atoms with Gasteiger partial charge >= 0.3 is 0 Å². The summed E-state index contributed by atoms with van der Waals surface area (Å²) >= 11 is 0. The first-order chi connectivity index (χ1) is 14.8. The summed E-state index contributed by atoms with van der Waals surface area (Å²) in [5, 5.41) is 11.0. The van der Waals surface area contributed by atoms with Crippen molar-refractivity contribution in [2.75, 3.05) is 4.90 Å². The van der Waals surface area contributed by atoms with Crippen LogP contribution in [0.5, 0.6) is 0 Å². The molecule has 0 saturated carbocycles. The van der Waals surface area contributed by atoms with E-state index in [1.54, 1.807) is 37.3 Å². The van der Waals surface area contributed by atoms with Gasteiger partial charge in [0.2, 0.25) is 0 Å². The van der Waals surface area contributed by atoms with E-state index in [4.69, 9.17) is 0 Å². The third-order valence-corrected chi connectivity index (χ3v) is 5.45. The second-order valence-electron chi connectivity index (χ2n) is 7.44. The Balaban J connectivity index is 2.00. The number of carbonyl (C=O) groups is 2. The number of anilines is 1. The van der Waals surface area contributed by atoms with Gasteiger partial charge in [-0.25, -0.2) is 8.78 Å². The van der Waals surface area contributed by atoms with E-state index in [-0.39, 0.29) is 22.3 Å². The molecular formula is C25H19F2NO3. The van der Waals surface area contributed by atoms with Gasteiger partial charge in [0.05, 0.1) is 11.6 Å². The number of carbonyl (C=O) groups excluding carboxylic acids is 2. The Morgan fingerprint density at radius 3 is 2.23 bits per heavy atom. The van der Waals surface area contributed by atoms with Crippen molar-refractivity contribution < 1.29 is 23.5 Å². The highest BCUT2D eigenvalue weighted by Gasteiger charge is 2.48. The standard InChI is InChI=1S/C25H19F2NO3/c1-14-7-3-6-10-20(14)28-22(17-8-4-5-9-19(17)27)21(24(30)25(28)31)23(29)16-11-12-18(26)15(2)13-16/h3-13,22,29H,1-2H3/b23-21+.